The fraction of sp³-hybridized carbons (Fsp3) is 0.222. The number of hydrogen-bond donors (Lipinski definition) is 1. The first-order chi connectivity index (χ1) is 13.0. The van der Waals surface area contributed by atoms with Crippen molar-refractivity contribution in [1.82, 2.24) is 10.4 Å². The molecule has 2 rings (SSSR count). The molecule has 1 aromatic carbocycles. The minimum atomic E-state index is -0.486. The van der Waals surface area contributed by atoms with Crippen LogP contribution in [-0.2, 0) is 16.1 Å². The van der Waals surface area contributed by atoms with Gasteiger partial charge in [0.2, 0.25) is 5.88 Å². The van der Waals surface area contributed by atoms with Crippen LogP contribution < -0.4 is 10.2 Å². The molecule has 1 aromatic heterocycles. The number of nitrogens with one attached hydrogen (secondary N) is 1. The van der Waals surface area contributed by atoms with Gasteiger partial charge in [0.05, 0.1) is 18.5 Å². The van der Waals surface area contributed by atoms with E-state index in [1.54, 1.807) is 31.2 Å². The molecule has 0 saturated carbocycles. The van der Waals surface area contributed by atoms with E-state index in [0.29, 0.717) is 20.8 Å². The van der Waals surface area contributed by atoms with Crippen LogP contribution in [0, 0.1) is 18.3 Å². The minimum absolute atomic E-state index is 0.0714. The second-order valence-electron chi connectivity index (χ2n) is 5.35. The highest BCUT2D eigenvalue weighted by Crippen LogP contribution is 2.29. The summed E-state index contributed by atoms with van der Waals surface area (Å²) in [6.07, 6.45) is 1.48. The van der Waals surface area contributed by atoms with E-state index in [1.165, 1.54) is 13.3 Å². The maximum atomic E-state index is 11.9. The number of carbonyl (C=O) groups is 1. The molecule has 0 aliphatic rings. The highest BCUT2D eigenvalue weighted by Gasteiger charge is 2.18. The molecule has 7 nitrogen and oxygen atoms in total. The number of benzene rings is 1. The summed E-state index contributed by atoms with van der Waals surface area (Å²) in [5.74, 6) is -0.415. The molecule has 1 heterocycles. The Kier molecular flexibility index (Phi) is 7.73. The number of nitrogens with zero attached hydrogens (tertiary/aromatic N) is 3. The number of amides is 1. The summed E-state index contributed by atoms with van der Waals surface area (Å²) in [7, 11) is 1.52. The minimum Gasteiger partial charge on any atom is -0.467 e. The zero-order valence-corrected chi connectivity index (χ0v) is 17.0. The van der Waals surface area contributed by atoms with Crippen LogP contribution in [0.25, 0.3) is 0 Å². The average Bonchev–Trinajstić information content (AvgIpc) is 2.65. The second-order valence-corrected chi connectivity index (χ2v) is 6.58. The van der Waals surface area contributed by atoms with E-state index in [2.05, 4.69) is 31.4 Å². The molecular formula is C18H16BrClN4O3. The molecule has 0 aliphatic heterocycles. The number of hydrazone groups is 1. The number of carbonyl (C=O) groups excluding carboxylic acids is 1. The Hall–Kier alpha value is -2.47. The highest BCUT2D eigenvalue weighted by molar-refractivity contribution is 9.10. The van der Waals surface area contributed by atoms with Crippen molar-refractivity contribution in [3.8, 4) is 11.9 Å². The van der Waals surface area contributed by atoms with Gasteiger partial charge < -0.3 is 9.47 Å². The van der Waals surface area contributed by atoms with Gasteiger partial charge in [0.25, 0.3) is 5.91 Å². The Labute approximate surface area is 170 Å². The predicted molar refractivity (Wildman–Crippen MR) is 105 cm³/mol. The number of halogens is 2. The first-order valence-electron chi connectivity index (χ1n) is 7.74. The Morgan fingerprint density at radius 3 is 2.78 bits per heavy atom. The Morgan fingerprint density at radius 1 is 1.44 bits per heavy atom. The molecule has 0 unspecified atom stereocenters. The van der Waals surface area contributed by atoms with Gasteiger partial charge in [-0.05, 0) is 40.5 Å². The number of pyridine rings is 1. The van der Waals surface area contributed by atoms with Crippen LogP contribution >= 0.6 is 27.5 Å². The lowest BCUT2D eigenvalue weighted by molar-refractivity contribution is -0.123. The quantitative estimate of drug-likeness (QED) is 0.514. The van der Waals surface area contributed by atoms with Gasteiger partial charge >= 0.3 is 0 Å². The van der Waals surface area contributed by atoms with Crippen LogP contribution in [0.15, 0.2) is 33.8 Å². The molecule has 0 atom stereocenters. The number of ether oxygens (including phenoxy) is 2. The van der Waals surface area contributed by atoms with Gasteiger partial charge in [-0.25, -0.2) is 10.4 Å². The van der Waals surface area contributed by atoms with E-state index in [4.69, 9.17) is 21.1 Å². The van der Waals surface area contributed by atoms with Gasteiger partial charge in [0, 0.05) is 22.2 Å². The molecule has 140 valence electrons. The van der Waals surface area contributed by atoms with Gasteiger partial charge in [-0.2, -0.15) is 10.4 Å². The van der Waals surface area contributed by atoms with E-state index in [1.807, 2.05) is 6.07 Å². The van der Waals surface area contributed by atoms with Crippen molar-refractivity contribution in [2.45, 2.75) is 13.5 Å². The van der Waals surface area contributed by atoms with Crippen LogP contribution in [0.2, 0.25) is 5.02 Å². The fourth-order valence-electron chi connectivity index (χ4n) is 2.11. The van der Waals surface area contributed by atoms with E-state index in [9.17, 15) is 10.1 Å². The molecule has 1 amide bonds. The topological polar surface area (TPSA) is 96.6 Å². The van der Waals surface area contributed by atoms with E-state index >= 15 is 0 Å². The molecule has 0 aliphatic carbocycles. The summed E-state index contributed by atoms with van der Waals surface area (Å²) < 4.78 is 11.2. The van der Waals surface area contributed by atoms with Gasteiger partial charge in [0.15, 0.2) is 6.61 Å². The maximum absolute atomic E-state index is 11.9. The van der Waals surface area contributed by atoms with Gasteiger partial charge in [-0.3, -0.25) is 4.79 Å². The zero-order valence-electron chi connectivity index (χ0n) is 14.6. The van der Waals surface area contributed by atoms with Crippen LogP contribution in [0.4, 0.5) is 0 Å². The molecule has 1 N–H and O–H groups in total. The number of aromatic nitrogens is 1. The van der Waals surface area contributed by atoms with Crippen LogP contribution in [-0.4, -0.2) is 30.8 Å². The van der Waals surface area contributed by atoms with E-state index in [-0.39, 0.29) is 24.7 Å². The van der Waals surface area contributed by atoms with Crippen molar-refractivity contribution < 1.29 is 14.3 Å². The predicted octanol–water partition coefficient (Wildman–Crippen LogP) is 3.35. The van der Waals surface area contributed by atoms with Crippen molar-refractivity contribution in [2.24, 2.45) is 5.10 Å². The monoisotopic (exact) mass is 450 g/mol. The molecule has 0 spiro atoms. The summed E-state index contributed by atoms with van der Waals surface area (Å²) in [5, 5.41) is 13.9. The SMILES string of the molecule is COCc1c(Br)c(C)nc(OCC(=O)NN=Cc2ccc(Cl)cc2)c1C#N. The summed E-state index contributed by atoms with van der Waals surface area (Å²) in [6.45, 7) is 1.63. The molecule has 27 heavy (non-hydrogen) atoms. The van der Waals surface area contributed by atoms with Gasteiger partial charge in [0.1, 0.15) is 11.6 Å². The summed E-state index contributed by atoms with van der Waals surface area (Å²) >= 11 is 9.19. The molecular weight excluding hydrogens is 436 g/mol. The largest absolute Gasteiger partial charge is 0.467 e. The standard InChI is InChI=1S/C18H16BrClN4O3/c1-11-17(19)15(9-26-2)14(7-21)18(23-11)27-10-16(25)24-22-8-12-3-5-13(20)6-4-12/h3-6,8H,9-10H2,1-2H3,(H,24,25). The number of nitriles is 1. The van der Waals surface area contributed by atoms with Crippen LogP contribution in [0.1, 0.15) is 22.4 Å². The highest BCUT2D eigenvalue weighted by atomic mass is 79.9. The van der Waals surface area contributed by atoms with Crippen LogP contribution in [0.3, 0.4) is 0 Å². The third kappa shape index (κ3) is 5.76. The lowest BCUT2D eigenvalue weighted by Crippen LogP contribution is -2.25. The summed E-state index contributed by atoms with van der Waals surface area (Å²) in [5.41, 5.74) is 4.58. The summed E-state index contributed by atoms with van der Waals surface area (Å²) in [4.78, 5) is 16.1. The smallest absolute Gasteiger partial charge is 0.278 e. The lowest BCUT2D eigenvalue weighted by atomic mass is 10.1. The Morgan fingerprint density at radius 2 is 2.15 bits per heavy atom. The average molecular weight is 452 g/mol. The summed E-state index contributed by atoms with van der Waals surface area (Å²) in [6, 6.07) is 9.00. The van der Waals surface area contributed by atoms with Gasteiger partial charge in [-0.15, -0.1) is 0 Å². The lowest BCUT2D eigenvalue weighted by Gasteiger charge is -2.13. The Balaban J connectivity index is 2.02. The number of hydrogen-bond acceptors (Lipinski definition) is 6. The number of methoxy groups -OCH3 is 1. The first-order valence-corrected chi connectivity index (χ1v) is 8.91. The number of aryl methyl sites for hydroxylation is 1. The first kappa shape index (κ1) is 20.8. The fourth-order valence-corrected chi connectivity index (χ4v) is 2.64. The zero-order chi connectivity index (χ0) is 19.8. The van der Waals surface area contributed by atoms with E-state index < -0.39 is 5.91 Å². The van der Waals surface area contributed by atoms with E-state index in [0.717, 1.165) is 5.56 Å². The third-order valence-electron chi connectivity index (χ3n) is 3.38. The van der Waals surface area contributed by atoms with Gasteiger partial charge in [-0.1, -0.05) is 23.7 Å². The molecule has 0 fully saturated rings. The number of rotatable bonds is 7. The molecule has 2 aromatic rings. The van der Waals surface area contributed by atoms with Crippen molar-refractivity contribution in [2.75, 3.05) is 13.7 Å². The Bertz CT molecular complexity index is 895. The van der Waals surface area contributed by atoms with Crippen molar-refractivity contribution in [1.29, 1.82) is 5.26 Å². The maximum Gasteiger partial charge on any atom is 0.278 e. The molecule has 0 bridgehead atoms. The van der Waals surface area contributed by atoms with Crippen LogP contribution in [0.5, 0.6) is 5.88 Å². The molecule has 0 radical (unpaired) electrons. The normalized spacial score (nSPS) is 10.6. The third-order valence-corrected chi connectivity index (χ3v) is 4.69. The molecule has 9 heteroatoms. The van der Waals surface area contributed by atoms with Crippen molar-refractivity contribution >= 4 is 39.7 Å². The molecule has 0 saturated heterocycles. The second kappa shape index (κ2) is 10.0. The van der Waals surface area contributed by atoms with Crippen molar-refractivity contribution in [3.63, 3.8) is 0 Å². The van der Waals surface area contributed by atoms with Crippen molar-refractivity contribution in [3.05, 3.63) is 56.1 Å².